The van der Waals surface area contributed by atoms with Gasteiger partial charge in [0.15, 0.2) is 0 Å². The van der Waals surface area contributed by atoms with Gasteiger partial charge >= 0.3 is 5.97 Å². The fourth-order valence-electron chi connectivity index (χ4n) is 2.47. The maximum absolute atomic E-state index is 11.9. The number of carbonyl (C=O) groups excluding carboxylic acids is 1. The van der Waals surface area contributed by atoms with Crippen LogP contribution in [-0.2, 0) is 9.59 Å². The maximum atomic E-state index is 11.9. The van der Waals surface area contributed by atoms with E-state index in [-0.39, 0.29) is 12.3 Å². The first-order valence-corrected chi connectivity index (χ1v) is 6.06. The zero-order valence-electron chi connectivity index (χ0n) is 10.1. The number of aliphatic carboxylic acids is 1. The summed E-state index contributed by atoms with van der Waals surface area (Å²) in [7, 11) is 0. The molecule has 0 aromatic carbocycles. The van der Waals surface area contributed by atoms with E-state index in [9.17, 15) is 14.7 Å². The average molecular weight is 248 g/mol. The number of carboxylic acids is 1. The van der Waals surface area contributed by atoms with E-state index >= 15 is 0 Å². The van der Waals surface area contributed by atoms with Crippen molar-refractivity contribution < 1.29 is 14.7 Å². The van der Waals surface area contributed by atoms with Gasteiger partial charge in [-0.2, -0.15) is 0 Å². The Morgan fingerprint density at radius 3 is 2.67 bits per heavy atom. The van der Waals surface area contributed by atoms with Crippen molar-refractivity contribution in [2.75, 3.05) is 5.32 Å². The molecule has 0 unspecified atom stereocenters. The van der Waals surface area contributed by atoms with Crippen LogP contribution in [0.5, 0.6) is 0 Å². The Hall–Kier alpha value is -1.91. The molecule has 1 amide bonds. The minimum Gasteiger partial charge on any atom is -0.481 e. The second-order valence-electron chi connectivity index (χ2n) is 4.76. The van der Waals surface area contributed by atoms with Gasteiger partial charge in [-0.3, -0.25) is 14.6 Å². The zero-order valence-corrected chi connectivity index (χ0v) is 10.1. The molecule has 5 nitrogen and oxygen atoms in total. The molecule has 1 aromatic rings. The number of carbonyl (C=O) groups is 2. The zero-order chi connectivity index (χ0) is 13.0. The fraction of sp³-hybridized carbons (Fsp3) is 0.462. The third kappa shape index (κ3) is 2.67. The van der Waals surface area contributed by atoms with Gasteiger partial charge < -0.3 is 10.4 Å². The molecule has 2 rings (SSSR count). The number of hydrogen-bond acceptors (Lipinski definition) is 3. The standard InChI is InChI=1S/C13H16N2O3/c16-11(15-10-4-3-7-14-9-10)8-13(12(17)18)5-1-2-6-13/h3-4,7,9H,1-2,5-6,8H2,(H,15,16)(H,17,18). The second-order valence-corrected chi connectivity index (χ2v) is 4.76. The molecule has 1 saturated carbocycles. The van der Waals surface area contributed by atoms with Crippen LogP contribution < -0.4 is 5.32 Å². The van der Waals surface area contributed by atoms with Crippen LogP contribution in [0.25, 0.3) is 0 Å². The molecule has 0 spiro atoms. The van der Waals surface area contributed by atoms with E-state index in [0.717, 1.165) is 12.8 Å². The Balaban J connectivity index is 2.00. The van der Waals surface area contributed by atoms with Crippen molar-refractivity contribution in [2.45, 2.75) is 32.1 Å². The molecule has 1 aromatic heterocycles. The van der Waals surface area contributed by atoms with Gasteiger partial charge in [-0.15, -0.1) is 0 Å². The summed E-state index contributed by atoms with van der Waals surface area (Å²) in [6.07, 6.45) is 6.13. The molecule has 96 valence electrons. The highest BCUT2D eigenvalue weighted by Gasteiger charge is 2.42. The van der Waals surface area contributed by atoms with Crippen LogP contribution in [0.15, 0.2) is 24.5 Å². The molecule has 0 radical (unpaired) electrons. The number of anilines is 1. The maximum Gasteiger partial charge on any atom is 0.310 e. The van der Waals surface area contributed by atoms with Gasteiger partial charge in [0.2, 0.25) is 5.91 Å². The number of pyridine rings is 1. The minimum absolute atomic E-state index is 0.0389. The van der Waals surface area contributed by atoms with Gasteiger partial charge in [0.05, 0.1) is 17.3 Å². The fourth-order valence-corrected chi connectivity index (χ4v) is 2.47. The summed E-state index contributed by atoms with van der Waals surface area (Å²) < 4.78 is 0. The highest BCUT2D eigenvalue weighted by molar-refractivity contribution is 5.94. The number of rotatable bonds is 4. The molecule has 1 heterocycles. The van der Waals surface area contributed by atoms with Crippen molar-refractivity contribution in [3.05, 3.63) is 24.5 Å². The summed E-state index contributed by atoms with van der Waals surface area (Å²) in [4.78, 5) is 27.1. The van der Waals surface area contributed by atoms with Gasteiger partial charge in [-0.05, 0) is 25.0 Å². The van der Waals surface area contributed by atoms with Crippen molar-refractivity contribution in [1.82, 2.24) is 4.98 Å². The molecule has 0 atom stereocenters. The molecule has 2 N–H and O–H groups in total. The molecule has 0 aliphatic heterocycles. The molecular weight excluding hydrogens is 232 g/mol. The van der Waals surface area contributed by atoms with Crippen LogP contribution in [0.4, 0.5) is 5.69 Å². The number of amides is 1. The van der Waals surface area contributed by atoms with Crippen LogP contribution in [0, 0.1) is 5.41 Å². The lowest BCUT2D eigenvalue weighted by molar-refractivity contribution is -0.150. The van der Waals surface area contributed by atoms with Crippen LogP contribution in [0.2, 0.25) is 0 Å². The highest BCUT2D eigenvalue weighted by Crippen LogP contribution is 2.41. The quantitative estimate of drug-likeness (QED) is 0.854. The normalized spacial score (nSPS) is 17.3. The van der Waals surface area contributed by atoms with E-state index in [1.54, 1.807) is 24.5 Å². The van der Waals surface area contributed by atoms with Gasteiger partial charge in [0, 0.05) is 12.6 Å². The first kappa shape index (κ1) is 12.5. The lowest BCUT2D eigenvalue weighted by Gasteiger charge is -2.22. The van der Waals surface area contributed by atoms with Crippen LogP contribution in [-0.4, -0.2) is 22.0 Å². The first-order chi connectivity index (χ1) is 8.62. The van der Waals surface area contributed by atoms with E-state index in [1.807, 2.05) is 0 Å². The number of carboxylic acid groups (broad SMARTS) is 1. The van der Waals surface area contributed by atoms with Gasteiger partial charge in [-0.1, -0.05) is 12.8 Å². The van der Waals surface area contributed by atoms with E-state index in [1.165, 1.54) is 0 Å². The largest absolute Gasteiger partial charge is 0.481 e. The summed E-state index contributed by atoms with van der Waals surface area (Å²) in [6, 6.07) is 3.45. The summed E-state index contributed by atoms with van der Waals surface area (Å²) in [6.45, 7) is 0. The summed E-state index contributed by atoms with van der Waals surface area (Å²) in [5.74, 6) is -1.12. The minimum atomic E-state index is -0.869. The molecule has 1 aliphatic carbocycles. The molecule has 0 saturated heterocycles. The van der Waals surface area contributed by atoms with Crippen molar-refractivity contribution in [3.63, 3.8) is 0 Å². The first-order valence-electron chi connectivity index (χ1n) is 6.06. The van der Waals surface area contributed by atoms with Crippen LogP contribution in [0.1, 0.15) is 32.1 Å². The number of nitrogens with zero attached hydrogens (tertiary/aromatic N) is 1. The second kappa shape index (κ2) is 5.16. The predicted octanol–water partition coefficient (Wildman–Crippen LogP) is 2.06. The van der Waals surface area contributed by atoms with Gasteiger partial charge in [0.1, 0.15) is 0 Å². The average Bonchev–Trinajstić information content (AvgIpc) is 2.80. The smallest absolute Gasteiger partial charge is 0.310 e. The van der Waals surface area contributed by atoms with Gasteiger partial charge in [0.25, 0.3) is 0 Å². The Bertz CT molecular complexity index is 439. The van der Waals surface area contributed by atoms with Crippen molar-refractivity contribution in [1.29, 1.82) is 0 Å². The topological polar surface area (TPSA) is 79.3 Å². The number of hydrogen-bond donors (Lipinski definition) is 2. The van der Waals surface area contributed by atoms with E-state index < -0.39 is 11.4 Å². The SMILES string of the molecule is O=C(CC1(C(=O)O)CCCC1)Nc1cccnc1. The Kier molecular flexibility index (Phi) is 3.60. The van der Waals surface area contributed by atoms with Crippen molar-refractivity contribution in [2.24, 2.45) is 5.41 Å². The third-order valence-electron chi connectivity index (χ3n) is 3.46. The molecule has 1 fully saturated rings. The summed E-state index contributed by atoms with van der Waals surface area (Å²) >= 11 is 0. The Morgan fingerprint density at radius 2 is 2.11 bits per heavy atom. The third-order valence-corrected chi connectivity index (χ3v) is 3.46. The molecule has 1 aliphatic rings. The monoisotopic (exact) mass is 248 g/mol. The lowest BCUT2D eigenvalue weighted by atomic mass is 9.82. The number of aromatic nitrogens is 1. The van der Waals surface area contributed by atoms with Gasteiger partial charge in [-0.25, -0.2) is 0 Å². The molecule has 18 heavy (non-hydrogen) atoms. The Morgan fingerprint density at radius 1 is 1.39 bits per heavy atom. The van der Waals surface area contributed by atoms with E-state index in [2.05, 4.69) is 10.3 Å². The van der Waals surface area contributed by atoms with Crippen molar-refractivity contribution in [3.8, 4) is 0 Å². The summed E-state index contributed by atoms with van der Waals surface area (Å²) in [5, 5.41) is 12.0. The molecular formula is C13H16N2O3. The van der Waals surface area contributed by atoms with Crippen LogP contribution >= 0.6 is 0 Å². The van der Waals surface area contributed by atoms with Crippen molar-refractivity contribution >= 4 is 17.6 Å². The van der Waals surface area contributed by atoms with Crippen LogP contribution in [0.3, 0.4) is 0 Å². The van der Waals surface area contributed by atoms with E-state index in [0.29, 0.717) is 18.5 Å². The van der Waals surface area contributed by atoms with E-state index in [4.69, 9.17) is 0 Å². The molecule has 5 heteroatoms. The molecule has 0 bridgehead atoms. The predicted molar refractivity (Wildman–Crippen MR) is 66.0 cm³/mol. The highest BCUT2D eigenvalue weighted by atomic mass is 16.4. The lowest BCUT2D eigenvalue weighted by Crippen LogP contribution is -2.32. The summed E-state index contributed by atoms with van der Waals surface area (Å²) in [5.41, 5.74) is -0.271. The Labute approximate surface area is 105 Å². The number of nitrogens with one attached hydrogen (secondary N) is 1.